The first-order valence-electron chi connectivity index (χ1n) is 6.31. The second-order valence-corrected chi connectivity index (χ2v) is 8.17. The van der Waals surface area contributed by atoms with Crippen molar-refractivity contribution in [2.75, 3.05) is 5.75 Å². The van der Waals surface area contributed by atoms with Crippen LogP contribution < -0.4 is 5.73 Å². The highest BCUT2D eigenvalue weighted by Crippen LogP contribution is 2.26. The Morgan fingerprint density at radius 1 is 1.26 bits per heavy atom. The second-order valence-electron chi connectivity index (χ2n) is 5.02. The molecule has 3 nitrogen and oxygen atoms in total. The fourth-order valence-electron chi connectivity index (χ4n) is 2.53. The summed E-state index contributed by atoms with van der Waals surface area (Å²) in [7, 11) is -3.05. The molecule has 0 aliphatic carbocycles. The van der Waals surface area contributed by atoms with Crippen LogP contribution in [0.15, 0.2) is 18.2 Å². The third-order valence-corrected chi connectivity index (χ3v) is 6.67. The smallest absolute Gasteiger partial charge is 0.154 e. The van der Waals surface area contributed by atoms with Gasteiger partial charge in [0, 0.05) is 6.04 Å². The van der Waals surface area contributed by atoms with Gasteiger partial charge in [-0.25, -0.2) is 8.42 Å². The van der Waals surface area contributed by atoms with Gasteiger partial charge in [0.1, 0.15) is 0 Å². The van der Waals surface area contributed by atoms with Crippen LogP contribution in [0.3, 0.4) is 0 Å². The average Bonchev–Trinajstić information content (AvgIpc) is 2.33. The van der Waals surface area contributed by atoms with Crippen LogP contribution in [0.2, 0.25) is 10.0 Å². The Kier molecular flexibility index (Phi) is 4.77. The Morgan fingerprint density at radius 2 is 2.00 bits per heavy atom. The van der Waals surface area contributed by atoms with Crippen LogP contribution in [-0.2, 0) is 16.3 Å². The number of hydrogen-bond acceptors (Lipinski definition) is 3. The summed E-state index contributed by atoms with van der Waals surface area (Å²) in [5.74, 6) is 0.257. The van der Waals surface area contributed by atoms with E-state index in [4.69, 9.17) is 28.9 Å². The summed E-state index contributed by atoms with van der Waals surface area (Å²) in [4.78, 5) is 0. The molecule has 2 unspecified atom stereocenters. The van der Waals surface area contributed by atoms with Gasteiger partial charge in [0.2, 0.25) is 0 Å². The SMILES string of the molecule is NC(Cc1ccc(Cl)c(Cl)c1)C1CCCCS1(=O)=O. The molecule has 1 aliphatic rings. The molecule has 1 saturated heterocycles. The van der Waals surface area contributed by atoms with Crippen LogP contribution in [0.1, 0.15) is 24.8 Å². The first kappa shape index (κ1) is 15.1. The van der Waals surface area contributed by atoms with E-state index in [1.807, 2.05) is 6.07 Å². The molecule has 0 spiro atoms. The molecule has 106 valence electrons. The second kappa shape index (κ2) is 6.00. The summed E-state index contributed by atoms with van der Waals surface area (Å²) in [5, 5.41) is 0.526. The van der Waals surface area contributed by atoms with Crippen molar-refractivity contribution in [1.82, 2.24) is 0 Å². The molecule has 1 aromatic carbocycles. The largest absolute Gasteiger partial charge is 0.326 e. The molecule has 0 saturated carbocycles. The van der Waals surface area contributed by atoms with E-state index < -0.39 is 15.1 Å². The molecule has 2 atom stereocenters. The number of rotatable bonds is 3. The highest BCUT2D eigenvalue weighted by molar-refractivity contribution is 7.92. The lowest BCUT2D eigenvalue weighted by atomic mass is 10.0. The molecule has 1 heterocycles. The van der Waals surface area contributed by atoms with E-state index in [0.717, 1.165) is 18.4 Å². The normalized spacial score (nSPS) is 24.1. The lowest BCUT2D eigenvalue weighted by Crippen LogP contribution is -2.44. The summed E-state index contributed by atoms with van der Waals surface area (Å²) in [5.41, 5.74) is 7.01. The molecule has 2 rings (SSSR count). The Bertz CT molecular complexity index is 560. The number of sulfone groups is 1. The van der Waals surface area contributed by atoms with Gasteiger partial charge in [-0.05, 0) is 37.0 Å². The summed E-state index contributed by atoms with van der Waals surface area (Å²) in [6, 6.07) is 4.91. The Morgan fingerprint density at radius 3 is 2.63 bits per heavy atom. The number of hydrogen-bond donors (Lipinski definition) is 1. The average molecular weight is 322 g/mol. The number of halogens is 2. The predicted octanol–water partition coefficient (Wildman–Crippen LogP) is 2.83. The Hall–Kier alpha value is -0.290. The van der Waals surface area contributed by atoms with Gasteiger partial charge in [-0.3, -0.25) is 0 Å². The van der Waals surface area contributed by atoms with Crippen molar-refractivity contribution in [3.63, 3.8) is 0 Å². The molecule has 0 amide bonds. The van der Waals surface area contributed by atoms with Crippen LogP contribution >= 0.6 is 23.2 Å². The van der Waals surface area contributed by atoms with Gasteiger partial charge in [0.05, 0.1) is 21.0 Å². The third kappa shape index (κ3) is 3.63. The van der Waals surface area contributed by atoms with E-state index >= 15 is 0 Å². The van der Waals surface area contributed by atoms with E-state index in [9.17, 15) is 8.42 Å². The molecule has 0 bridgehead atoms. The first-order chi connectivity index (χ1) is 8.90. The van der Waals surface area contributed by atoms with E-state index in [2.05, 4.69) is 0 Å². The van der Waals surface area contributed by atoms with Gasteiger partial charge in [-0.2, -0.15) is 0 Å². The lowest BCUT2D eigenvalue weighted by Gasteiger charge is -2.27. The fourth-order valence-corrected chi connectivity index (χ4v) is 4.91. The maximum Gasteiger partial charge on any atom is 0.154 e. The van der Waals surface area contributed by atoms with Gasteiger partial charge < -0.3 is 5.73 Å². The first-order valence-corrected chi connectivity index (χ1v) is 8.78. The van der Waals surface area contributed by atoms with Crippen molar-refractivity contribution in [2.24, 2.45) is 5.73 Å². The third-order valence-electron chi connectivity index (χ3n) is 3.56. The van der Waals surface area contributed by atoms with Crippen molar-refractivity contribution in [2.45, 2.75) is 37.0 Å². The molecular formula is C13H17Cl2NO2S. The summed E-state index contributed by atoms with van der Waals surface area (Å²) in [6.07, 6.45) is 2.84. The van der Waals surface area contributed by atoms with Crippen LogP contribution in [-0.4, -0.2) is 25.5 Å². The van der Waals surface area contributed by atoms with Crippen molar-refractivity contribution >= 4 is 33.0 Å². The molecule has 19 heavy (non-hydrogen) atoms. The summed E-state index contributed by atoms with van der Waals surface area (Å²) in [6.45, 7) is 0. The fraction of sp³-hybridized carbons (Fsp3) is 0.538. The quantitative estimate of drug-likeness (QED) is 0.931. The number of nitrogens with two attached hydrogens (primary N) is 1. The predicted molar refractivity (Wildman–Crippen MR) is 79.6 cm³/mol. The van der Waals surface area contributed by atoms with Gasteiger partial charge in [0.25, 0.3) is 0 Å². The highest BCUT2D eigenvalue weighted by atomic mass is 35.5. The van der Waals surface area contributed by atoms with Crippen LogP contribution in [0, 0.1) is 0 Å². The topological polar surface area (TPSA) is 60.2 Å². The van der Waals surface area contributed by atoms with Crippen molar-refractivity contribution < 1.29 is 8.42 Å². The Balaban J connectivity index is 2.11. The zero-order valence-electron chi connectivity index (χ0n) is 10.5. The van der Waals surface area contributed by atoms with Crippen molar-refractivity contribution in [3.8, 4) is 0 Å². The summed E-state index contributed by atoms with van der Waals surface area (Å²) < 4.78 is 24.0. The van der Waals surface area contributed by atoms with Crippen molar-refractivity contribution in [1.29, 1.82) is 0 Å². The zero-order valence-corrected chi connectivity index (χ0v) is 12.8. The monoisotopic (exact) mass is 321 g/mol. The van der Waals surface area contributed by atoms with Gasteiger partial charge >= 0.3 is 0 Å². The molecule has 2 N–H and O–H groups in total. The van der Waals surface area contributed by atoms with Crippen LogP contribution in [0.5, 0.6) is 0 Å². The van der Waals surface area contributed by atoms with E-state index in [1.54, 1.807) is 12.1 Å². The van der Waals surface area contributed by atoms with Crippen LogP contribution in [0.4, 0.5) is 0 Å². The molecule has 6 heteroatoms. The van der Waals surface area contributed by atoms with E-state index in [1.165, 1.54) is 0 Å². The van der Waals surface area contributed by atoms with E-state index in [-0.39, 0.29) is 11.8 Å². The zero-order chi connectivity index (χ0) is 14.0. The lowest BCUT2D eigenvalue weighted by molar-refractivity contribution is 0.495. The maximum absolute atomic E-state index is 12.0. The standard InChI is InChI=1S/C13H17Cl2NO2S/c14-10-5-4-9(7-11(10)15)8-12(16)13-3-1-2-6-19(13,17)18/h4-5,7,12-13H,1-3,6,8,16H2. The Labute approximate surface area is 124 Å². The van der Waals surface area contributed by atoms with Gasteiger partial charge in [0.15, 0.2) is 9.84 Å². The van der Waals surface area contributed by atoms with Crippen molar-refractivity contribution in [3.05, 3.63) is 33.8 Å². The minimum absolute atomic E-state index is 0.257. The maximum atomic E-state index is 12.0. The molecule has 1 aromatic rings. The summed E-state index contributed by atoms with van der Waals surface area (Å²) >= 11 is 11.8. The highest BCUT2D eigenvalue weighted by Gasteiger charge is 2.33. The molecule has 1 aliphatic heterocycles. The van der Waals surface area contributed by atoms with Gasteiger partial charge in [-0.1, -0.05) is 35.7 Å². The molecular weight excluding hydrogens is 305 g/mol. The minimum Gasteiger partial charge on any atom is -0.326 e. The number of benzene rings is 1. The van der Waals surface area contributed by atoms with Gasteiger partial charge in [-0.15, -0.1) is 0 Å². The minimum atomic E-state index is -3.05. The van der Waals surface area contributed by atoms with E-state index in [0.29, 0.717) is 22.9 Å². The molecule has 1 fully saturated rings. The molecule has 0 radical (unpaired) electrons. The van der Waals surface area contributed by atoms with Crippen LogP contribution in [0.25, 0.3) is 0 Å². The molecule has 0 aromatic heterocycles.